The van der Waals surface area contributed by atoms with Crippen LogP contribution in [0, 0.1) is 5.92 Å². The van der Waals surface area contributed by atoms with Crippen molar-refractivity contribution in [1.29, 1.82) is 0 Å². The number of hydroxylamine groups is 2. The van der Waals surface area contributed by atoms with Gasteiger partial charge in [0, 0.05) is 38.4 Å². The van der Waals surface area contributed by atoms with E-state index in [1.807, 2.05) is 22.7 Å². The number of nitrogens with zero attached hydrogens (tertiary/aromatic N) is 4. The van der Waals surface area contributed by atoms with E-state index in [4.69, 9.17) is 4.84 Å². The molecule has 3 fully saturated rings. The number of hydrogen-bond acceptors (Lipinski definition) is 4. The van der Waals surface area contributed by atoms with Gasteiger partial charge < -0.3 is 9.47 Å². The minimum absolute atomic E-state index is 0.00745. The maximum atomic E-state index is 13.2. The number of hydrogen-bond donors (Lipinski definition) is 0. The van der Waals surface area contributed by atoms with Crippen molar-refractivity contribution in [2.45, 2.75) is 57.0 Å². The van der Waals surface area contributed by atoms with Gasteiger partial charge >= 0.3 is 0 Å². The zero-order chi connectivity index (χ0) is 17.4. The number of rotatable bonds is 3. The molecular formula is C18H26N4O3. The van der Waals surface area contributed by atoms with Crippen molar-refractivity contribution in [2.75, 3.05) is 13.2 Å². The molecule has 0 unspecified atom stereocenters. The van der Waals surface area contributed by atoms with E-state index in [9.17, 15) is 9.59 Å². The number of carbonyl (C=O) groups is 2. The molecule has 2 atom stereocenters. The molecule has 1 aliphatic carbocycles. The van der Waals surface area contributed by atoms with Crippen molar-refractivity contribution in [3.05, 3.63) is 18.2 Å². The van der Waals surface area contributed by atoms with Crippen molar-refractivity contribution >= 4 is 11.8 Å². The predicted molar refractivity (Wildman–Crippen MR) is 90.1 cm³/mol. The average molecular weight is 346 g/mol. The Morgan fingerprint density at radius 2 is 2.08 bits per heavy atom. The van der Waals surface area contributed by atoms with Crippen LogP contribution in [0.3, 0.4) is 0 Å². The van der Waals surface area contributed by atoms with E-state index >= 15 is 0 Å². The zero-order valence-corrected chi connectivity index (χ0v) is 14.8. The van der Waals surface area contributed by atoms with Crippen molar-refractivity contribution in [3.63, 3.8) is 0 Å². The largest absolute Gasteiger partial charge is 0.336 e. The first-order valence-corrected chi connectivity index (χ1v) is 9.39. The fourth-order valence-corrected chi connectivity index (χ4v) is 4.06. The first-order valence-electron chi connectivity index (χ1n) is 9.39. The number of aromatic nitrogens is 2. The second kappa shape index (κ2) is 6.78. The SMILES string of the molecule is Cn1ccnc1[C@@H]1[C@@H](C(=O)N2CCCCCO2)CCC(=O)N1C1CC1. The Bertz CT molecular complexity index is 647. The lowest BCUT2D eigenvalue weighted by atomic mass is 9.86. The van der Waals surface area contributed by atoms with Crippen LogP contribution in [-0.4, -0.2) is 50.5 Å². The van der Waals surface area contributed by atoms with Gasteiger partial charge in [0.15, 0.2) is 0 Å². The number of imidazole rings is 1. The molecule has 0 radical (unpaired) electrons. The molecule has 0 bridgehead atoms. The third kappa shape index (κ3) is 3.17. The number of aryl methyl sites for hydroxylation is 1. The standard InChI is InChI=1S/C18H26N4O3/c1-20-11-9-19-17(20)16-14(7-8-15(23)22(16)13-5-6-13)18(24)21-10-3-2-4-12-25-21/h9,11,13-14,16H,2-8,10,12H2,1H3/t14-,16-/m0/s1. The monoisotopic (exact) mass is 346 g/mol. The second-order valence-corrected chi connectivity index (χ2v) is 7.35. The molecule has 136 valence electrons. The Morgan fingerprint density at radius 1 is 1.24 bits per heavy atom. The summed E-state index contributed by atoms with van der Waals surface area (Å²) < 4.78 is 1.93. The summed E-state index contributed by atoms with van der Waals surface area (Å²) in [6, 6.07) is -0.0250. The molecule has 1 saturated carbocycles. The van der Waals surface area contributed by atoms with Crippen LogP contribution >= 0.6 is 0 Å². The van der Waals surface area contributed by atoms with Crippen LogP contribution in [0.1, 0.15) is 56.8 Å². The van der Waals surface area contributed by atoms with Gasteiger partial charge in [-0.15, -0.1) is 0 Å². The Morgan fingerprint density at radius 3 is 2.80 bits per heavy atom. The van der Waals surface area contributed by atoms with Crippen LogP contribution in [-0.2, 0) is 21.5 Å². The van der Waals surface area contributed by atoms with E-state index in [1.165, 1.54) is 0 Å². The Balaban J connectivity index is 1.65. The third-order valence-electron chi connectivity index (χ3n) is 5.52. The van der Waals surface area contributed by atoms with Crippen LogP contribution in [0.15, 0.2) is 12.4 Å². The highest BCUT2D eigenvalue weighted by molar-refractivity contribution is 5.84. The van der Waals surface area contributed by atoms with Gasteiger partial charge in [-0.05, 0) is 38.5 Å². The Labute approximate surface area is 147 Å². The molecule has 7 heteroatoms. The van der Waals surface area contributed by atoms with E-state index < -0.39 is 0 Å². The molecule has 0 aromatic carbocycles. The molecule has 0 spiro atoms. The Hall–Kier alpha value is -1.89. The summed E-state index contributed by atoms with van der Waals surface area (Å²) in [5.74, 6) is 0.676. The van der Waals surface area contributed by atoms with Gasteiger partial charge in [0.25, 0.3) is 5.91 Å². The molecule has 2 saturated heterocycles. The van der Waals surface area contributed by atoms with Crippen LogP contribution in [0.2, 0.25) is 0 Å². The highest BCUT2D eigenvalue weighted by atomic mass is 16.7. The first kappa shape index (κ1) is 16.6. The maximum Gasteiger partial charge on any atom is 0.251 e. The molecule has 2 amide bonds. The minimum Gasteiger partial charge on any atom is -0.336 e. The summed E-state index contributed by atoms with van der Waals surface area (Å²) in [5, 5.41) is 1.55. The number of carbonyl (C=O) groups excluding carboxylic acids is 2. The van der Waals surface area contributed by atoms with E-state index in [0.29, 0.717) is 26.0 Å². The fraction of sp³-hybridized carbons (Fsp3) is 0.722. The summed E-state index contributed by atoms with van der Waals surface area (Å²) in [6.07, 6.45) is 9.71. The zero-order valence-electron chi connectivity index (χ0n) is 14.8. The van der Waals surface area contributed by atoms with Crippen molar-refractivity contribution < 1.29 is 14.4 Å². The summed E-state index contributed by atoms with van der Waals surface area (Å²) in [5.41, 5.74) is 0. The third-order valence-corrected chi connectivity index (χ3v) is 5.52. The molecule has 3 aliphatic rings. The minimum atomic E-state index is -0.284. The van der Waals surface area contributed by atoms with E-state index in [1.54, 1.807) is 11.3 Å². The first-order chi connectivity index (χ1) is 12.2. The molecular weight excluding hydrogens is 320 g/mol. The molecule has 1 aromatic rings. The van der Waals surface area contributed by atoms with Crippen LogP contribution < -0.4 is 0 Å². The van der Waals surface area contributed by atoms with Crippen LogP contribution in [0.5, 0.6) is 0 Å². The van der Waals surface area contributed by atoms with E-state index in [-0.39, 0.29) is 29.8 Å². The van der Waals surface area contributed by atoms with Gasteiger partial charge in [0.2, 0.25) is 5.91 Å². The van der Waals surface area contributed by atoms with Gasteiger partial charge in [0.05, 0.1) is 12.5 Å². The maximum absolute atomic E-state index is 13.2. The molecule has 2 aliphatic heterocycles. The molecule has 0 N–H and O–H groups in total. The lowest BCUT2D eigenvalue weighted by Crippen LogP contribution is -2.50. The van der Waals surface area contributed by atoms with Crippen molar-refractivity contribution in [3.8, 4) is 0 Å². The molecule has 3 heterocycles. The number of likely N-dealkylation sites (tertiary alicyclic amines) is 1. The van der Waals surface area contributed by atoms with Crippen molar-refractivity contribution in [2.24, 2.45) is 13.0 Å². The topological polar surface area (TPSA) is 67.7 Å². The van der Waals surface area contributed by atoms with Gasteiger partial charge in [-0.25, -0.2) is 10.0 Å². The van der Waals surface area contributed by atoms with Crippen LogP contribution in [0.25, 0.3) is 0 Å². The van der Waals surface area contributed by atoms with Crippen molar-refractivity contribution in [1.82, 2.24) is 19.5 Å². The average Bonchev–Trinajstić information content (AvgIpc) is 3.40. The van der Waals surface area contributed by atoms with E-state index in [2.05, 4.69) is 4.98 Å². The fourth-order valence-electron chi connectivity index (χ4n) is 4.06. The number of piperidine rings is 1. The quantitative estimate of drug-likeness (QED) is 0.837. The van der Waals surface area contributed by atoms with Gasteiger partial charge in [-0.3, -0.25) is 14.4 Å². The van der Waals surface area contributed by atoms with Gasteiger partial charge in [0.1, 0.15) is 11.9 Å². The summed E-state index contributed by atoms with van der Waals surface area (Å²) in [7, 11) is 1.93. The summed E-state index contributed by atoms with van der Waals surface area (Å²) in [4.78, 5) is 38.0. The highest BCUT2D eigenvalue weighted by Crippen LogP contribution is 2.43. The molecule has 25 heavy (non-hydrogen) atoms. The Kier molecular flexibility index (Phi) is 4.50. The highest BCUT2D eigenvalue weighted by Gasteiger charge is 2.49. The second-order valence-electron chi connectivity index (χ2n) is 7.35. The van der Waals surface area contributed by atoms with Gasteiger partial charge in [-0.2, -0.15) is 0 Å². The molecule has 1 aromatic heterocycles. The molecule has 7 nitrogen and oxygen atoms in total. The number of amides is 2. The molecule has 4 rings (SSSR count). The van der Waals surface area contributed by atoms with Crippen LogP contribution in [0.4, 0.5) is 0 Å². The normalized spacial score (nSPS) is 28.1. The predicted octanol–water partition coefficient (Wildman–Crippen LogP) is 1.81. The van der Waals surface area contributed by atoms with Gasteiger partial charge in [-0.1, -0.05) is 0 Å². The summed E-state index contributed by atoms with van der Waals surface area (Å²) in [6.45, 7) is 1.23. The lowest BCUT2D eigenvalue weighted by molar-refractivity contribution is -0.192. The lowest BCUT2D eigenvalue weighted by Gasteiger charge is -2.41. The smallest absolute Gasteiger partial charge is 0.251 e. The summed E-state index contributed by atoms with van der Waals surface area (Å²) >= 11 is 0. The van der Waals surface area contributed by atoms with E-state index in [0.717, 1.165) is 37.9 Å².